The van der Waals surface area contributed by atoms with Crippen LogP contribution >= 0.6 is 0 Å². The van der Waals surface area contributed by atoms with E-state index in [1.54, 1.807) is 0 Å². The van der Waals surface area contributed by atoms with Crippen molar-refractivity contribution in [2.75, 3.05) is 13.6 Å². The average molecular weight is 266 g/mol. The second-order valence-corrected chi connectivity index (χ2v) is 4.79. The minimum absolute atomic E-state index is 0.608. The van der Waals surface area contributed by atoms with Crippen LogP contribution in [-0.4, -0.2) is 47.1 Å². The normalized spacial score (nSPS) is 19.2. The van der Waals surface area contributed by atoms with Gasteiger partial charge in [-0.05, 0) is 12.8 Å². The fourth-order valence-electron chi connectivity index (χ4n) is 1.71. The zero-order chi connectivity index (χ0) is 13.5. The van der Waals surface area contributed by atoms with Crippen molar-refractivity contribution in [2.24, 2.45) is 0 Å². The quantitative estimate of drug-likeness (QED) is 0.752. The van der Waals surface area contributed by atoms with Crippen molar-refractivity contribution in [3.05, 3.63) is 12.4 Å². The highest BCUT2D eigenvalue weighted by Gasteiger charge is 2.20. The van der Waals surface area contributed by atoms with Crippen LogP contribution in [0.5, 0.6) is 0 Å². The van der Waals surface area contributed by atoms with Crippen LogP contribution in [0, 0.1) is 0 Å². The van der Waals surface area contributed by atoms with Crippen LogP contribution in [0.25, 0.3) is 0 Å². The van der Waals surface area contributed by atoms with Gasteiger partial charge in [-0.1, -0.05) is 20.3 Å². The first-order valence-corrected chi connectivity index (χ1v) is 7.05. The van der Waals surface area contributed by atoms with Crippen molar-refractivity contribution >= 4 is 10.4 Å². The molecule has 1 rings (SSSR count). The van der Waals surface area contributed by atoms with Crippen molar-refractivity contribution in [1.82, 2.24) is 9.80 Å². The van der Waals surface area contributed by atoms with Crippen molar-refractivity contribution in [3.8, 4) is 0 Å². The molecular weight excluding hydrogens is 244 g/mol. The molecule has 7 heteroatoms. The minimum atomic E-state index is -4.67. The van der Waals surface area contributed by atoms with Gasteiger partial charge in [-0.15, -0.1) is 0 Å². The average Bonchev–Trinajstić information content (AvgIpc) is 2.53. The molecule has 0 aromatic rings. The Hall–Kier alpha value is -0.790. The maximum absolute atomic E-state index is 8.74. The Labute approximate surface area is 103 Å². The van der Waals surface area contributed by atoms with Gasteiger partial charge in [-0.2, -0.15) is 8.42 Å². The van der Waals surface area contributed by atoms with E-state index in [0.717, 1.165) is 0 Å². The molecule has 1 aliphatic rings. The summed E-state index contributed by atoms with van der Waals surface area (Å²) in [4.78, 5) is 4.72. The molecule has 0 saturated carbocycles. The summed E-state index contributed by atoms with van der Waals surface area (Å²) in [6.07, 6.45) is 8.77. The summed E-state index contributed by atoms with van der Waals surface area (Å²) in [7, 11) is -2.52. The summed E-state index contributed by atoms with van der Waals surface area (Å²) < 4.78 is 31.6. The molecule has 0 aromatic heterocycles. The Morgan fingerprint density at radius 2 is 1.76 bits per heavy atom. The first kappa shape index (κ1) is 16.2. The second-order valence-electron chi connectivity index (χ2n) is 3.89. The van der Waals surface area contributed by atoms with E-state index in [0.29, 0.717) is 6.17 Å². The van der Waals surface area contributed by atoms with Gasteiger partial charge in [0.15, 0.2) is 0 Å². The van der Waals surface area contributed by atoms with Gasteiger partial charge in [0.05, 0.1) is 0 Å². The number of unbranched alkanes of at least 4 members (excludes halogenated alkanes) is 1. The van der Waals surface area contributed by atoms with E-state index in [-0.39, 0.29) is 0 Å². The highest BCUT2D eigenvalue weighted by molar-refractivity contribution is 7.79. The molecule has 1 aliphatic heterocycles. The molecule has 6 nitrogen and oxygen atoms in total. The maximum atomic E-state index is 8.74. The summed E-state index contributed by atoms with van der Waals surface area (Å²) in [5, 5.41) is 0. The smallest absolute Gasteiger partial charge is 0.359 e. The van der Waals surface area contributed by atoms with Crippen LogP contribution < -0.4 is 0 Å². The standard InChI is InChI=1S/C10H20N2.H2O4S/c1-4-6-7-12-9-8-11(3)10(12)5-2;1-5(2,3)4/h8-10H,4-7H2,1-3H3;(H2,1,2,3,4). The molecule has 0 saturated heterocycles. The topological polar surface area (TPSA) is 81.1 Å². The molecule has 0 bridgehead atoms. The van der Waals surface area contributed by atoms with Gasteiger partial charge in [-0.25, -0.2) is 0 Å². The predicted molar refractivity (Wildman–Crippen MR) is 66.8 cm³/mol. The fraction of sp³-hybridized carbons (Fsp3) is 0.800. The Morgan fingerprint density at radius 3 is 2.18 bits per heavy atom. The first-order chi connectivity index (χ1) is 7.79. The first-order valence-electron chi connectivity index (χ1n) is 5.65. The van der Waals surface area contributed by atoms with Gasteiger partial charge in [0.25, 0.3) is 0 Å². The molecule has 1 unspecified atom stereocenters. The Bertz CT molecular complexity index is 321. The van der Waals surface area contributed by atoms with E-state index in [9.17, 15) is 0 Å². The molecule has 0 aromatic carbocycles. The zero-order valence-corrected chi connectivity index (χ0v) is 11.4. The molecule has 0 aliphatic carbocycles. The van der Waals surface area contributed by atoms with Gasteiger partial charge >= 0.3 is 10.4 Å². The van der Waals surface area contributed by atoms with Gasteiger partial charge < -0.3 is 9.80 Å². The Morgan fingerprint density at radius 1 is 1.24 bits per heavy atom. The molecule has 1 atom stereocenters. The molecule has 0 fully saturated rings. The molecule has 17 heavy (non-hydrogen) atoms. The SMILES string of the molecule is CCCCN1C=CN(C)C1CC.O=S(=O)(O)O. The molecular formula is C10H22N2O4S. The maximum Gasteiger partial charge on any atom is 0.394 e. The molecule has 0 radical (unpaired) electrons. The lowest BCUT2D eigenvalue weighted by Crippen LogP contribution is -2.36. The van der Waals surface area contributed by atoms with E-state index in [4.69, 9.17) is 17.5 Å². The lowest BCUT2D eigenvalue weighted by molar-refractivity contribution is 0.169. The van der Waals surface area contributed by atoms with Crippen molar-refractivity contribution < 1.29 is 17.5 Å². The summed E-state index contributed by atoms with van der Waals surface area (Å²) >= 11 is 0. The van der Waals surface area contributed by atoms with Crippen LogP contribution in [0.4, 0.5) is 0 Å². The van der Waals surface area contributed by atoms with Gasteiger partial charge in [0.1, 0.15) is 6.17 Å². The van der Waals surface area contributed by atoms with Crippen LogP contribution in [0.2, 0.25) is 0 Å². The van der Waals surface area contributed by atoms with E-state index in [1.165, 1.54) is 25.8 Å². The molecule has 0 spiro atoms. The van der Waals surface area contributed by atoms with Gasteiger partial charge in [0, 0.05) is 26.0 Å². The van der Waals surface area contributed by atoms with Crippen LogP contribution in [0.15, 0.2) is 12.4 Å². The molecule has 0 amide bonds. The lowest BCUT2D eigenvalue weighted by Gasteiger charge is -2.29. The molecule has 2 N–H and O–H groups in total. The number of nitrogens with zero attached hydrogens (tertiary/aromatic N) is 2. The lowest BCUT2D eigenvalue weighted by atomic mass is 10.3. The van der Waals surface area contributed by atoms with Crippen LogP contribution in [0.1, 0.15) is 33.1 Å². The highest BCUT2D eigenvalue weighted by Crippen LogP contribution is 2.16. The van der Waals surface area contributed by atoms with Crippen molar-refractivity contribution in [2.45, 2.75) is 39.3 Å². The van der Waals surface area contributed by atoms with E-state index < -0.39 is 10.4 Å². The Kier molecular flexibility index (Phi) is 7.17. The predicted octanol–water partition coefficient (Wildman–Crippen LogP) is 1.59. The highest BCUT2D eigenvalue weighted by atomic mass is 32.3. The van der Waals surface area contributed by atoms with Crippen LogP contribution in [-0.2, 0) is 10.4 Å². The van der Waals surface area contributed by atoms with E-state index >= 15 is 0 Å². The summed E-state index contributed by atoms with van der Waals surface area (Å²) in [6, 6.07) is 0. The second kappa shape index (κ2) is 7.52. The number of hydrogen-bond donors (Lipinski definition) is 2. The summed E-state index contributed by atoms with van der Waals surface area (Å²) in [5.74, 6) is 0. The van der Waals surface area contributed by atoms with E-state index in [2.05, 4.69) is 43.1 Å². The fourth-order valence-corrected chi connectivity index (χ4v) is 1.71. The summed E-state index contributed by atoms with van der Waals surface area (Å²) in [6.45, 7) is 5.69. The van der Waals surface area contributed by atoms with Gasteiger partial charge in [0.2, 0.25) is 0 Å². The number of rotatable bonds is 4. The third-order valence-electron chi connectivity index (χ3n) is 2.48. The minimum Gasteiger partial charge on any atom is -0.359 e. The number of hydrogen-bond acceptors (Lipinski definition) is 4. The third kappa shape index (κ3) is 8.00. The summed E-state index contributed by atoms with van der Waals surface area (Å²) in [5.41, 5.74) is 0. The zero-order valence-electron chi connectivity index (χ0n) is 10.6. The van der Waals surface area contributed by atoms with E-state index in [1.807, 2.05) is 0 Å². The van der Waals surface area contributed by atoms with Gasteiger partial charge in [-0.3, -0.25) is 9.11 Å². The van der Waals surface area contributed by atoms with Crippen molar-refractivity contribution in [1.29, 1.82) is 0 Å². The monoisotopic (exact) mass is 266 g/mol. The van der Waals surface area contributed by atoms with Crippen molar-refractivity contribution in [3.63, 3.8) is 0 Å². The molecule has 102 valence electrons. The third-order valence-corrected chi connectivity index (χ3v) is 2.48. The van der Waals surface area contributed by atoms with Crippen LogP contribution in [0.3, 0.4) is 0 Å². The molecule has 1 heterocycles. The largest absolute Gasteiger partial charge is 0.394 e. The Balaban J connectivity index is 0.000000437.